The molecule has 1 aromatic carbocycles. The largest absolute Gasteiger partial charge is 0.466 e. The van der Waals surface area contributed by atoms with E-state index in [1.807, 2.05) is 0 Å². The lowest BCUT2D eigenvalue weighted by atomic mass is 10.1. The first-order chi connectivity index (χ1) is 10.0. The summed E-state index contributed by atoms with van der Waals surface area (Å²) in [6, 6.07) is 6.39. The van der Waals surface area contributed by atoms with Gasteiger partial charge in [0.1, 0.15) is 11.6 Å². The fraction of sp³-hybridized carbons (Fsp3) is 0.267. The van der Waals surface area contributed by atoms with Crippen LogP contribution in [0.1, 0.15) is 24.3 Å². The Balaban J connectivity index is 2.15. The molecule has 0 aliphatic carbocycles. The maximum Gasteiger partial charge on any atom is 0.307 e. The molecule has 0 amide bonds. The van der Waals surface area contributed by atoms with Crippen LogP contribution in [0.4, 0.5) is 8.78 Å². The Hall–Kier alpha value is -1.79. The number of esters is 1. The van der Waals surface area contributed by atoms with E-state index in [-0.39, 0.29) is 12.4 Å². The Morgan fingerprint density at radius 2 is 2.10 bits per heavy atom. The summed E-state index contributed by atoms with van der Waals surface area (Å²) in [6.45, 7) is 2.03. The number of hydrogen-bond donors (Lipinski definition) is 1. The first kappa shape index (κ1) is 15.6. The van der Waals surface area contributed by atoms with E-state index >= 15 is 0 Å². The number of nitrogens with two attached hydrogens (primary N) is 1. The molecule has 112 valence electrons. The lowest BCUT2D eigenvalue weighted by molar-refractivity contribution is -0.143. The van der Waals surface area contributed by atoms with Gasteiger partial charge in [0.2, 0.25) is 0 Å². The van der Waals surface area contributed by atoms with Crippen molar-refractivity contribution < 1.29 is 18.3 Å². The minimum atomic E-state index is -0.623. The molecule has 21 heavy (non-hydrogen) atoms. The molecule has 0 saturated carbocycles. The Labute approximate surface area is 125 Å². The Kier molecular flexibility index (Phi) is 5.03. The van der Waals surface area contributed by atoms with E-state index in [4.69, 9.17) is 10.5 Å². The van der Waals surface area contributed by atoms with Gasteiger partial charge in [-0.15, -0.1) is 11.3 Å². The van der Waals surface area contributed by atoms with Gasteiger partial charge in [-0.1, -0.05) is 0 Å². The van der Waals surface area contributed by atoms with Gasteiger partial charge in [-0.25, -0.2) is 8.78 Å². The van der Waals surface area contributed by atoms with Crippen molar-refractivity contribution >= 4 is 17.3 Å². The molecule has 6 heteroatoms. The van der Waals surface area contributed by atoms with Crippen LogP contribution in [0.5, 0.6) is 0 Å². The number of ether oxygens (including phenoxy) is 1. The summed E-state index contributed by atoms with van der Waals surface area (Å²) in [5, 5.41) is 0. The highest BCUT2D eigenvalue weighted by Crippen LogP contribution is 2.33. The molecule has 0 aliphatic heterocycles. The molecule has 0 bridgehead atoms. The van der Waals surface area contributed by atoms with Crippen LogP contribution in [0.2, 0.25) is 0 Å². The van der Waals surface area contributed by atoms with Crippen molar-refractivity contribution in [1.82, 2.24) is 0 Å². The maximum absolute atomic E-state index is 13.7. The first-order valence-corrected chi connectivity index (χ1v) is 7.29. The van der Waals surface area contributed by atoms with E-state index < -0.39 is 17.7 Å². The fourth-order valence-electron chi connectivity index (χ4n) is 1.89. The monoisotopic (exact) mass is 311 g/mol. The van der Waals surface area contributed by atoms with E-state index in [9.17, 15) is 13.6 Å². The predicted octanol–water partition coefficient (Wildman–Crippen LogP) is 3.65. The average Bonchev–Trinajstić information content (AvgIpc) is 2.88. The van der Waals surface area contributed by atoms with E-state index in [2.05, 4.69) is 0 Å². The Morgan fingerprint density at radius 1 is 1.33 bits per heavy atom. The molecule has 0 saturated heterocycles. The molecule has 2 N–H and O–H groups in total. The summed E-state index contributed by atoms with van der Waals surface area (Å²) in [6.07, 6.45) is 0.0691. The van der Waals surface area contributed by atoms with E-state index in [1.54, 1.807) is 19.1 Å². The molecule has 1 heterocycles. The lowest BCUT2D eigenvalue weighted by Gasteiger charge is -2.08. The molecular formula is C15H15F2NO2S. The van der Waals surface area contributed by atoms with Gasteiger partial charge in [-0.2, -0.15) is 0 Å². The second-order valence-electron chi connectivity index (χ2n) is 4.44. The fourth-order valence-corrected chi connectivity index (χ4v) is 2.92. The minimum absolute atomic E-state index is 0.0691. The van der Waals surface area contributed by atoms with Gasteiger partial charge in [0.05, 0.1) is 13.0 Å². The van der Waals surface area contributed by atoms with Crippen molar-refractivity contribution in [2.24, 2.45) is 5.73 Å². The van der Waals surface area contributed by atoms with Crippen LogP contribution in [0.3, 0.4) is 0 Å². The average molecular weight is 311 g/mol. The van der Waals surface area contributed by atoms with Gasteiger partial charge in [-0.05, 0) is 31.2 Å². The molecule has 1 atom stereocenters. The van der Waals surface area contributed by atoms with Gasteiger partial charge < -0.3 is 10.5 Å². The van der Waals surface area contributed by atoms with Crippen molar-refractivity contribution in [2.45, 2.75) is 19.4 Å². The zero-order valence-corrected chi connectivity index (χ0v) is 12.3. The van der Waals surface area contributed by atoms with E-state index in [0.29, 0.717) is 17.0 Å². The maximum atomic E-state index is 13.7. The van der Waals surface area contributed by atoms with Crippen LogP contribution in [0.25, 0.3) is 10.4 Å². The number of carbonyl (C=O) groups excluding carboxylic acids is 1. The number of halogens is 2. The molecule has 0 unspecified atom stereocenters. The third-order valence-electron chi connectivity index (χ3n) is 2.88. The quantitative estimate of drug-likeness (QED) is 0.858. The lowest BCUT2D eigenvalue weighted by Crippen LogP contribution is -2.16. The summed E-state index contributed by atoms with van der Waals surface area (Å²) in [4.78, 5) is 12.8. The Morgan fingerprint density at radius 3 is 2.76 bits per heavy atom. The van der Waals surface area contributed by atoms with E-state index in [1.165, 1.54) is 23.5 Å². The van der Waals surface area contributed by atoms with Crippen molar-refractivity contribution in [1.29, 1.82) is 0 Å². The number of rotatable bonds is 5. The molecule has 2 aromatic rings. The number of thiophene rings is 1. The molecule has 1 aromatic heterocycles. The zero-order chi connectivity index (χ0) is 15.4. The highest BCUT2D eigenvalue weighted by molar-refractivity contribution is 7.15. The molecule has 0 aliphatic rings. The van der Waals surface area contributed by atoms with Crippen LogP contribution < -0.4 is 5.73 Å². The van der Waals surface area contributed by atoms with Gasteiger partial charge in [0.25, 0.3) is 0 Å². The van der Waals surface area contributed by atoms with Crippen molar-refractivity contribution in [3.63, 3.8) is 0 Å². The van der Waals surface area contributed by atoms with Gasteiger partial charge in [0, 0.05) is 27.4 Å². The molecule has 0 radical (unpaired) electrons. The molecule has 3 nitrogen and oxygen atoms in total. The second-order valence-corrected chi connectivity index (χ2v) is 5.56. The Bertz CT molecular complexity index is 642. The number of benzene rings is 1. The van der Waals surface area contributed by atoms with E-state index in [0.717, 1.165) is 10.9 Å². The van der Waals surface area contributed by atoms with Crippen molar-refractivity contribution in [3.05, 3.63) is 46.8 Å². The van der Waals surface area contributed by atoms with Crippen LogP contribution in [0.15, 0.2) is 30.3 Å². The van der Waals surface area contributed by atoms with Crippen LogP contribution in [0, 0.1) is 11.6 Å². The molecular weight excluding hydrogens is 296 g/mol. The van der Waals surface area contributed by atoms with Gasteiger partial charge in [0.15, 0.2) is 0 Å². The SMILES string of the molecule is CCOC(=O)C[C@H](N)c1ccc(-c2ccc(F)cc2F)s1. The summed E-state index contributed by atoms with van der Waals surface area (Å²) < 4.78 is 31.5. The molecule has 0 fully saturated rings. The minimum Gasteiger partial charge on any atom is -0.466 e. The summed E-state index contributed by atoms with van der Waals surface area (Å²) in [7, 11) is 0. The summed E-state index contributed by atoms with van der Waals surface area (Å²) in [5.41, 5.74) is 6.25. The van der Waals surface area contributed by atoms with Crippen molar-refractivity contribution in [3.8, 4) is 10.4 Å². The highest BCUT2D eigenvalue weighted by atomic mass is 32.1. The third kappa shape index (κ3) is 3.86. The van der Waals surface area contributed by atoms with Crippen LogP contribution >= 0.6 is 11.3 Å². The van der Waals surface area contributed by atoms with Gasteiger partial charge >= 0.3 is 5.97 Å². The van der Waals surface area contributed by atoms with Crippen molar-refractivity contribution in [2.75, 3.05) is 6.61 Å². The predicted molar refractivity (Wildman–Crippen MR) is 77.8 cm³/mol. The topological polar surface area (TPSA) is 52.3 Å². The van der Waals surface area contributed by atoms with Gasteiger partial charge in [-0.3, -0.25) is 4.79 Å². The number of hydrogen-bond acceptors (Lipinski definition) is 4. The number of carbonyl (C=O) groups is 1. The summed E-state index contributed by atoms with van der Waals surface area (Å²) in [5.74, 6) is -1.61. The summed E-state index contributed by atoms with van der Waals surface area (Å²) >= 11 is 1.28. The van der Waals surface area contributed by atoms with Crippen LogP contribution in [-0.2, 0) is 9.53 Å². The second kappa shape index (κ2) is 6.78. The zero-order valence-electron chi connectivity index (χ0n) is 11.4. The molecule has 0 spiro atoms. The third-order valence-corrected chi connectivity index (χ3v) is 4.13. The molecule has 2 rings (SSSR count). The highest BCUT2D eigenvalue weighted by Gasteiger charge is 2.16. The standard InChI is InChI=1S/C15H15F2NO2S/c1-2-20-15(19)8-12(18)14-6-5-13(21-14)10-4-3-9(16)7-11(10)17/h3-7,12H,2,8,18H2,1H3/t12-/m0/s1. The first-order valence-electron chi connectivity index (χ1n) is 6.47. The van der Waals surface area contributed by atoms with Crippen LogP contribution in [-0.4, -0.2) is 12.6 Å². The normalized spacial score (nSPS) is 12.2. The smallest absolute Gasteiger partial charge is 0.307 e.